The Morgan fingerprint density at radius 2 is 1.86 bits per heavy atom. The summed E-state index contributed by atoms with van der Waals surface area (Å²) in [7, 11) is 0. The number of carbonyl (C=O) groups is 1. The number of fused-ring (bicyclic) bond motifs is 3. The molecule has 3 aromatic heterocycles. The molecule has 7 nitrogen and oxygen atoms in total. The molecular formula is C26H21FN4O3S. The molecule has 0 radical (unpaired) electrons. The second-order valence-corrected chi connectivity index (χ2v) is 9.21. The fraction of sp³-hybridized carbons (Fsp3) is 0.154. The van der Waals surface area contributed by atoms with Gasteiger partial charge in [-0.1, -0.05) is 36.4 Å². The van der Waals surface area contributed by atoms with Crippen LogP contribution in [-0.4, -0.2) is 20.0 Å². The summed E-state index contributed by atoms with van der Waals surface area (Å²) in [4.78, 5) is 44.7. The average Bonchev–Trinajstić information content (AvgIpc) is 3.24. The molecule has 9 heteroatoms. The zero-order valence-corrected chi connectivity index (χ0v) is 19.6. The van der Waals surface area contributed by atoms with Crippen molar-refractivity contribution >= 4 is 43.4 Å². The quantitative estimate of drug-likeness (QED) is 0.390. The van der Waals surface area contributed by atoms with E-state index in [1.165, 1.54) is 26.5 Å². The second-order valence-electron chi connectivity index (χ2n) is 8.21. The molecule has 1 N–H and O–H groups in total. The van der Waals surface area contributed by atoms with E-state index in [2.05, 4.69) is 10.3 Å². The fourth-order valence-electron chi connectivity index (χ4n) is 4.03. The molecule has 5 aromatic rings. The third kappa shape index (κ3) is 4.38. The third-order valence-electron chi connectivity index (χ3n) is 5.84. The Hall–Kier alpha value is -4.11. The first-order valence-corrected chi connectivity index (χ1v) is 11.8. The zero-order chi connectivity index (χ0) is 24.5. The van der Waals surface area contributed by atoms with Crippen LogP contribution in [0.5, 0.6) is 0 Å². The average molecular weight is 489 g/mol. The molecule has 0 unspecified atom stereocenters. The molecule has 176 valence electrons. The molecule has 0 saturated carbocycles. The highest BCUT2D eigenvalue weighted by Gasteiger charge is 2.20. The van der Waals surface area contributed by atoms with Crippen molar-refractivity contribution in [1.82, 2.24) is 14.1 Å². The maximum atomic E-state index is 13.9. The lowest BCUT2D eigenvalue weighted by Gasteiger charge is -2.13. The number of nitrogens with zero attached hydrogens (tertiary/aromatic N) is 3. The second kappa shape index (κ2) is 9.27. The summed E-state index contributed by atoms with van der Waals surface area (Å²) < 4.78 is 16.8. The lowest BCUT2D eigenvalue weighted by molar-refractivity contribution is -0.116. The maximum absolute atomic E-state index is 13.9. The van der Waals surface area contributed by atoms with Crippen molar-refractivity contribution in [2.24, 2.45) is 0 Å². The number of nitrogens with one attached hydrogen (secondary N) is 1. The smallest absolute Gasteiger partial charge is 0.324 e. The van der Waals surface area contributed by atoms with Crippen molar-refractivity contribution in [2.45, 2.75) is 26.4 Å². The van der Waals surface area contributed by atoms with Crippen molar-refractivity contribution in [2.75, 3.05) is 5.32 Å². The van der Waals surface area contributed by atoms with E-state index in [1.807, 2.05) is 30.3 Å². The van der Waals surface area contributed by atoms with Gasteiger partial charge in [-0.05, 0) is 48.7 Å². The Bertz CT molecular complexity index is 1690. The van der Waals surface area contributed by atoms with Gasteiger partial charge in [-0.15, -0.1) is 11.3 Å². The van der Waals surface area contributed by atoms with Gasteiger partial charge in [0.25, 0.3) is 5.56 Å². The largest absolute Gasteiger partial charge is 0.332 e. The van der Waals surface area contributed by atoms with E-state index in [-0.39, 0.29) is 18.8 Å². The number of benzene rings is 2. The highest BCUT2D eigenvalue weighted by molar-refractivity contribution is 7.25. The van der Waals surface area contributed by atoms with Crippen LogP contribution < -0.4 is 16.6 Å². The zero-order valence-electron chi connectivity index (χ0n) is 18.8. The van der Waals surface area contributed by atoms with Crippen molar-refractivity contribution < 1.29 is 9.18 Å². The maximum Gasteiger partial charge on any atom is 0.332 e. The minimum absolute atomic E-state index is 0.171. The monoisotopic (exact) mass is 488 g/mol. The van der Waals surface area contributed by atoms with Gasteiger partial charge in [0.2, 0.25) is 5.91 Å². The molecular weight excluding hydrogens is 467 g/mol. The Morgan fingerprint density at radius 3 is 2.63 bits per heavy atom. The van der Waals surface area contributed by atoms with Gasteiger partial charge in [-0.2, -0.15) is 0 Å². The van der Waals surface area contributed by atoms with Crippen molar-refractivity contribution in [3.05, 3.63) is 105 Å². The molecule has 3 heterocycles. The fourth-order valence-corrected chi connectivity index (χ4v) is 5.12. The molecule has 0 fully saturated rings. The van der Waals surface area contributed by atoms with Crippen molar-refractivity contribution in [3.8, 4) is 0 Å². The number of anilines is 1. The lowest BCUT2D eigenvalue weighted by Crippen LogP contribution is -2.41. The van der Waals surface area contributed by atoms with E-state index in [0.29, 0.717) is 32.4 Å². The molecule has 2 aromatic carbocycles. The van der Waals surface area contributed by atoms with E-state index >= 15 is 0 Å². The standard InChI is InChI=1S/C26H21FN4O3S/c1-16-9-10-18(14-20(16)27)29-21(32)15-31-22-19-8-5-12-28-24(19)35-23(22)25(33)30(26(31)34)13-11-17-6-3-2-4-7-17/h2-10,12,14H,11,13,15H2,1H3,(H,29,32). The van der Waals surface area contributed by atoms with E-state index in [0.717, 1.165) is 5.56 Å². The van der Waals surface area contributed by atoms with Gasteiger partial charge >= 0.3 is 5.69 Å². The van der Waals surface area contributed by atoms with Crippen LogP contribution in [0.3, 0.4) is 0 Å². The van der Waals surface area contributed by atoms with Crippen LogP contribution in [0, 0.1) is 12.7 Å². The van der Waals surface area contributed by atoms with Gasteiger partial charge < -0.3 is 5.32 Å². The molecule has 35 heavy (non-hydrogen) atoms. The number of aryl methyl sites for hydroxylation is 2. The molecule has 0 saturated heterocycles. The van der Waals surface area contributed by atoms with Crippen molar-refractivity contribution in [3.63, 3.8) is 0 Å². The summed E-state index contributed by atoms with van der Waals surface area (Å²) in [6, 6.07) is 17.5. The first-order chi connectivity index (χ1) is 16.9. The number of aromatic nitrogens is 3. The summed E-state index contributed by atoms with van der Waals surface area (Å²) in [5, 5.41) is 3.27. The predicted molar refractivity (Wildman–Crippen MR) is 136 cm³/mol. The van der Waals surface area contributed by atoms with Crippen LogP contribution in [0.4, 0.5) is 10.1 Å². The molecule has 1 amide bonds. The molecule has 5 rings (SSSR count). The summed E-state index contributed by atoms with van der Waals surface area (Å²) in [6.45, 7) is 1.47. The van der Waals surface area contributed by atoms with Crippen LogP contribution in [-0.2, 0) is 24.3 Å². The molecule has 0 atom stereocenters. The molecule has 0 spiro atoms. The lowest BCUT2D eigenvalue weighted by atomic mass is 10.1. The van der Waals surface area contributed by atoms with E-state index < -0.39 is 23.0 Å². The first kappa shape index (κ1) is 22.7. The molecule has 0 bridgehead atoms. The number of pyridine rings is 1. The topological polar surface area (TPSA) is 86.0 Å². The van der Waals surface area contributed by atoms with Gasteiger partial charge in [0.1, 0.15) is 21.9 Å². The Balaban J connectivity index is 1.58. The molecule has 0 aliphatic rings. The Kier molecular flexibility index (Phi) is 6.00. The number of halogens is 1. The predicted octanol–water partition coefficient (Wildman–Crippen LogP) is 4.10. The van der Waals surface area contributed by atoms with E-state index in [1.54, 1.807) is 37.4 Å². The van der Waals surface area contributed by atoms with Crippen LogP contribution in [0.1, 0.15) is 11.1 Å². The number of amides is 1. The number of carbonyl (C=O) groups excluding carboxylic acids is 1. The van der Waals surface area contributed by atoms with Crippen LogP contribution in [0.15, 0.2) is 76.4 Å². The van der Waals surface area contributed by atoms with Gasteiger partial charge in [-0.3, -0.25) is 18.7 Å². The molecule has 0 aliphatic carbocycles. The van der Waals surface area contributed by atoms with E-state index in [4.69, 9.17) is 0 Å². The summed E-state index contributed by atoms with van der Waals surface area (Å²) in [6.07, 6.45) is 2.10. The Labute approximate surface area is 203 Å². The first-order valence-electron chi connectivity index (χ1n) is 11.0. The minimum Gasteiger partial charge on any atom is -0.324 e. The van der Waals surface area contributed by atoms with Gasteiger partial charge in [0.05, 0.1) is 5.52 Å². The van der Waals surface area contributed by atoms with Crippen molar-refractivity contribution in [1.29, 1.82) is 0 Å². The van der Waals surface area contributed by atoms with Crippen LogP contribution in [0.2, 0.25) is 0 Å². The number of rotatable bonds is 6. The van der Waals surface area contributed by atoms with Gasteiger partial charge in [0.15, 0.2) is 0 Å². The van der Waals surface area contributed by atoms with Gasteiger partial charge in [0, 0.05) is 23.8 Å². The highest BCUT2D eigenvalue weighted by Crippen LogP contribution is 2.29. The highest BCUT2D eigenvalue weighted by atomic mass is 32.1. The van der Waals surface area contributed by atoms with Gasteiger partial charge in [-0.25, -0.2) is 14.2 Å². The van der Waals surface area contributed by atoms with Crippen LogP contribution >= 0.6 is 11.3 Å². The third-order valence-corrected chi connectivity index (χ3v) is 6.93. The Morgan fingerprint density at radius 1 is 1.06 bits per heavy atom. The molecule has 0 aliphatic heterocycles. The SMILES string of the molecule is Cc1ccc(NC(=O)Cn2c(=O)n(CCc3ccccc3)c(=O)c3sc4ncccc4c32)cc1F. The number of hydrogen-bond acceptors (Lipinski definition) is 5. The normalized spacial score (nSPS) is 11.3. The number of thiophene rings is 1. The number of hydrogen-bond donors (Lipinski definition) is 1. The summed E-state index contributed by atoms with van der Waals surface area (Å²) >= 11 is 1.20. The summed E-state index contributed by atoms with van der Waals surface area (Å²) in [5.74, 6) is -0.945. The minimum atomic E-state index is -0.577. The van der Waals surface area contributed by atoms with E-state index in [9.17, 15) is 18.8 Å². The summed E-state index contributed by atoms with van der Waals surface area (Å²) in [5.41, 5.74) is 1.14. The van der Waals surface area contributed by atoms with Crippen LogP contribution in [0.25, 0.3) is 20.4 Å².